The fourth-order valence-corrected chi connectivity index (χ4v) is 2.17. The van der Waals surface area contributed by atoms with E-state index in [0.29, 0.717) is 6.04 Å². The molecule has 98 valence electrons. The minimum absolute atomic E-state index is 0.524. The maximum absolute atomic E-state index is 4.69. The molecule has 0 saturated carbocycles. The van der Waals surface area contributed by atoms with Crippen molar-refractivity contribution in [1.29, 1.82) is 0 Å². The molecule has 2 aromatic rings. The molecule has 0 bridgehead atoms. The molecule has 1 N–H and O–H groups in total. The van der Waals surface area contributed by atoms with Gasteiger partial charge in [-0.15, -0.1) is 0 Å². The highest BCUT2D eigenvalue weighted by molar-refractivity contribution is 5.74. The first-order chi connectivity index (χ1) is 8.72. The molecule has 2 aromatic heterocycles. The first kappa shape index (κ1) is 13.0. The molecule has 0 radical (unpaired) electrons. The van der Waals surface area contributed by atoms with Crippen LogP contribution in [0.5, 0.6) is 0 Å². The quantitative estimate of drug-likeness (QED) is 0.851. The number of imidazole rings is 1. The molecule has 0 aliphatic carbocycles. The lowest BCUT2D eigenvalue weighted by atomic mass is 10.3. The molecule has 18 heavy (non-hydrogen) atoms. The molecule has 0 fully saturated rings. The number of hydrogen-bond donors (Lipinski definition) is 1. The number of aryl methyl sites for hydroxylation is 1. The zero-order valence-corrected chi connectivity index (χ0v) is 11.5. The van der Waals surface area contributed by atoms with Gasteiger partial charge in [0, 0.05) is 31.7 Å². The summed E-state index contributed by atoms with van der Waals surface area (Å²) in [5, 5.41) is 3.44. The minimum atomic E-state index is 0.524. The molecular formula is C14H22N4. The third kappa shape index (κ3) is 2.88. The Labute approximate surface area is 108 Å². The van der Waals surface area contributed by atoms with Crippen molar-refractivity contribution in [2.75, 3.05) is 6.54 Å². The van der Waals surface area contributed by atoms with Gasteiger partial charge in [0.2, 0.25) is 0 Å². The summed E-state index contributed by atoms with van der Waals surface area (Å²) in [7, 11) is 0. The van der Waals surface area contributed by atoms with Gasteiger partial charge >= 0.3 is 0 Å². The number of nitrogens with zero attached hydrogens (tertiary/aromatic N) is 3. The number of pyridine rings is 1. The lowest BCUT2D eigenvalue weighted by Gasteiger charge is -2.10. The van der Waals surface area contributed by atoms with E-state index in [2.05, 4.69) is 46.7 Å². The van der Waals surface area contributed by atoms with Crippen LogP contribution in [0, 0.1) is 0 Å². The lowest BCUT2D eigenvalue weighted by molar-refractivity contribution is 0.567. The van der Waals surface area contributed by atoms with Crippen molar-refractivity contribution in [1.82, 2.24) is 19.9 Å². The second kappa shape index (κ2) is 5.96. The van der Waals surface area contributed by atoms with Gasteiger partial charge < -0.3 is 9.88 Å². The first-order valence-electron chi connectivity index (χ1n) is 6.75. The van der Waals surface area contributed by atoms with Crippen molar-refractivity contribution in [3.8, 4) is 0 Å². The smallest absolute Gasteiger partial charge is 0.111 e. The lowest BCUT2D eigenvalue weighted by Crippen LogP contribution is -2.25. The fourth-order valence-electron chi connectivity index (χ4n) is 2.17. The van der Waals surface area contributed by atoms with Crippen molar-refractivity contribution < 1.29 is 0 Å². The summed E-state index contributed by atoms with van der Waals surface area (Å²) < 4.78 is 2.32. The van der Waals surface area contributed by atoms with E-state index in [1.807, 2.05) is 12.4 Å². The van der Waals surface area contributed by atoms with Crippen molar-refractivity contribution >= 4 is 11.0 Å². The van der Waals surface area contributed by atoms with Crippen molar-refractivity contribution in [3.05, 3.63) is 24.3 Å². The summed E-state index contributed by atoms with van der Waals surface area (Å²) in [5.41, 5.74) is 2.21. The van der Waals surface area contributed by atoms with E-state index in [4.69, 9.17) is 0 Å². The number of rotatable bonds is 6. The van der Waals surface area contributed by atoms with Crippen molar-refractivity contribution in [2.45, 2.75) is 46.2 Å². The molecule has 0 aromatic carbocycles. The Kier molecular flexibility index (Phi) is 4.31. The summed E-state index contributed by atoms with van der Waals surface area (Å²) in [6.45, 7) is 8.52. The predicted molar refractivity (Wildman–Crippen MR) is 74.7 cm³/mol. The molecule has 0 spiro atoms. The zero-order chi connectivity index (χ0) is 13.0. The first-order valence-corrected chi connectivity index (χ1v) is 6.75. The maximum Gasteiger partial charge on any atom is 0.111 e. The highest BCUT2D eigenvalue weighted by Gasteiger charge is 2.09. The van der Waals surface area contributed by atoms with Crippen molar-refractivity contribution in [2.24, 2.45) is 0 Å². The molecule has 2 heterocycles. The van der Waals surface area contributed by atoms with Crippen LogP contribution in [0.2, 0.25) is 0 Å². The summed E-state index contributed by atoms with van der Waals surface area (Å²) in [6.07, 6.45) is 5.78. The summed E-state index contributed by atoms with van der Waals surface area (Å²) >= 11 is 0. The van der Waals surface area contributed by atoms with Crippen LogP contribution in [-0.4, -0.2) is 27.1 Å². The van der Waals surface area contributed by atoms with Gasteiger partial charge in [0.15, 0.2) is 0 Å². The van der Waals surface area contributed by atoms with Gasteiger partial charge in [-0.05, 0) is 12.5 Å². The van der Waals surface area contributed by atoms with Gasteiger partial charge in [0.25, 0.3) is 0 Å². The van der Waals surface area contributed by atoms with E-state index in [-0.39, 0.29) is 0 Å². The van der Waals surface area contributed by atoms with Gasteiger partial charge in [0.1, 0.15) is 11.3 Å². The Morgan fingerprint density at radius 2 is 2.22 bits per heavy atom. The Bertz CT molecular complexity index is 501. The summed E-state index contributed by atoms with van der Waals surface area (Å²) in [5.74, 6) is 1.16. The maximum atomic E-state index is 4.69. The van der Waals surface area contributed by atoms with Gasteiger partial charge in [-0.3, -0.25) is 4.98 Å². The molecule has 2 rings (SSSR count). The van der Waals surface area contributed by atoms with Crippen LogP contribution in [-0.2, 0) is 13.0 Å². The standard InChI is InChI=1S/C14H22N4/c1-4-9-18-13-5-7-15-10-12(13)17-14(18)6-8-16-11(2)3/h5,7,10-11,16H,4,6,8-9H2,1-3H3. The Hall–Kier alpha value is -1.42. The van der Waals surface area contributed by atoms with Crippen LogP contribution >= 0.6 is 0 Å². The molecule has 0 amide bonds. The average molecular weight is 246 g/mol. The number of fused-ring (bicyclic) bond motifs is 1. The normalized spacial score (nSPS) is 11.6. The van der Waals surface area contributed by atoms with E-state index in [9.17, 15) is 0 Å². The van der Waals surface area contributed by atoms with Gasteiger partial charge in [-0.1, -0.05) is 20.8 Å². The topological polar surface area (TPSA) is 42.7 Å². The van der Waals surface area contributed by atoms with Crippen molar-refractivity contribution in [3.63, 3.8) is 0 Å². The van der Waals surface area contributed by atoms with Crippen LogP contribution in [0.25, 0.3) is 11.0 Å². The fraction of sp³-hybridized carbons (Fsp3) is 0.571. The molecule has 0 atom stereocenters. The molecule has 0 aliphatic rings. The van der Waals surface area contributed by atoms with Gasteiger partial charge in [0.05, 0.1) is 11.7 Å². The molecule has 0 unspecified atom stereocenters. The molecule has 0 saturated heterocycles. The van der Waals surface area contributed by atoms with Crippen LogP contribution in [0.15, 0.2) is 18.5 Å². The van der Waals surface area contributed by atoms with E-state index in [1.165, 1.54) is 5.52 Å². The van der Waals surface area contributed by atoms with E-state index in [0.717, 1.165) is 37.3 Å². The molecule has 4 heteroatoms. The van der Waals surface area contributed by atoms with Crippen LogP contribution in [0.1, 0.15) is 33.0 Å². The predicted octanol–water partition coefficient (Wildman–Crippen LogP) is 2.38. The third-order valence-electron chi connectivity index (χ3n) is 2.98. The van der Waals surface area contributed by atoms with Gasteiger partial charge in [-0.2, -0.15) is 0 Å². The molecule has 0 aliphatic heterocycles. The molecular weight excluding hydrogens is 224 g/mol. The largest absolute Gasteiger partial charge is 0.328 e. The van der Waals surface area contributed by atoms with Crippen LogP contribution in [0.4, 0.5) is 0 Å². The second-order valence-corrected chi connectivity index (χ2v) is 4.90. The number of nitrogens with one attached hydrogen (secondary N) is 1. The van der Waals surface area contributed by atoms with Gasteiger partial charge in [-0.25, -0.2) is 4.98 Å². The monoisotopic (exact) mass is 246 g/mol. The minimum Gasteiger partial charge on any atom is -0.328 e. The van der Waals surface area contributed by atoms with Crippen LogP contribution < -0.4 is 5.32 Å². The van der Waals surface area contributed by atoms with Crippen LogP contribution in [0.3, 0.4) is 0 Å². The highest BCUT2D eigenvalue weighted by atomic mass is 15.1. The Morgan fingerprint density at radius 1 is 1.39 bits per heavy atom. The Balaban J connectivity index is 2.22. The average Bonchev–Trinajstić information content (AvgIpc) is 2.68. The van der Waals surface area contributed by atoms with E-state index >= 15 is 0 Å². The van der Waals surface area contributed by atoms with E-state index in [1.54, 1.807) is 0 Å². The zero-order valence-electron chi connectivity index (χ0n) is 11.5. The summed E-state index contributed by atoms with van der Waals surface area (Å²) in [4.78, 5) is 8.83. The highest BCUT2D eigenvalue weighted by Crippen LogP contribution is 2.15. The Morgan fingerprint density at radius 3 is 2.94 bits per heavy atom. The summed E-state index contributed by atoms with van der Waals surface area (Å²) in [6, 6.07) is 2.58. The van der Waals surface area contributed by atoms with E-state index < -0.39 is 0 Å². The third-order valence-corrected chi connectivity index (χ3v) is 2.98. The number of hydrogen-bond acceptors (Lipinski definition) is 3. The number of aromatic nitrogens is 3. The SMILES string of the molecule is CCCn1c(CCNC(C)C)nc2cnccc21. The molecule has 4 nitrogen and oxygen atoms in total. The second-order valence-electron chi connectivity index (χ2n) is 4.90.